The molecule has 1 unspecified atom stereocenters. The second-order valence-electron chi connectivity index (χ2n) is 6.51. The fraction of sp³-hybridized carbons (Fsp3) is 0.500. The van der Waals surface area contributed by atoms with E-state index in [1.165, 1.54) is 26.2 Å². The Kier molecular flexibility index (Phi) is 6.83. The van der Waals surface area contributed by atoms with Crippen molar-refractivity contribution in [1.29, 1.82) is 0 Å². The molecule has 1 aliphatic heterocycles. The Labute approximate surface area is 174 Å². The summed E-state index contributed by atoms with van der Waals surface area (Å²) in [5.74, 6) is -3.05. The molecule has 2 rings (SSSR count). The van der Waals surface area contributed by atoms with E-state index in [1.54, 1.807) is 0 Å². The molecule has 0 aliphatic carbocycles. The largest absolute Gasteiger partial charge is 0.493 e. The molecule has 0 aromatic carbocycles. The third-order valence-corrected chi connectivity index (χ3v) is 5.42. The molecule has 0 saturated carbocycles. The molecule has 3 atom stereocenters. The lowest BCUT2D eigenvalue weighted by atomic mass is 10.00. The van der Waals surface area contributed by atoms with Gasteiger partial charge in [0.25, 0.3) is 11.8 Å². The summed E-state index contributed by atoms with van der Waals surface area (Å²) in [6.45, 7) is 3.89. The van der Waals surface area contributed by atoms with E-state index in [4.69, 9.17) is 15.7 Å². The molecular weight excluding hydrogens is 445 g/mol. The molecule has 1 saturated heterocycles. The molecule has 1 aliphatic rings. The number of nitrogens with zero attached hydrogens (tertiary/aromatic N) is 3. The zero-order valence-corrected chi connectivity index (χ0v) is 18.0. The topological polar surface area (TPSA) is 203 Å². The molecular formula is C14H20N5O9PS. The van der Waals surface area contributed by atoms with Crippen LogP contribution in [-0.4, -0.2) is 68.3 Å². The lowest BCUT2D eigenvalue weighted by Gasteiger charge is -2.43. The zero-order valence-electron chi connectivity index (χ0n) is 16.3. The number of carbonyl (C=O) groups excluding carboxylic acids is 2. The van der Waals surface area contributed by atoms with Gasteiger partial charge in [-0.3, -0.25) is 14.1 Å². The standard InChI is InChI=1S/C14H20N5O9PS/c1-6-8(11(21)19(6)28-29(24,25)26-4)17-10(20)9(7-5-30-13(15)16-7)18-27-14(2,3)12(22)23/h5-6,8H,1-4H3,(H2,15,16)(H,17,20)(H,22,23)(H,24,25)/b18-9-/t6-,8-/m0/s1. The average molecular weight is 465 g/mol. The van der Waals surface area contributed by atoms with Crippen LogP contribution >= 0.6 is 19.2 Å². The summed E-state index contributed by atoms with van der Waals surface area (Å²) in [7, 11) is -3.54. The van der Waals surface area contributed by atoms with Crippen molar-refractivity contribution in [3.05, 3.63) is 11.1 Å². The number of amides is 2. The van der Waals surface area contributed by atoms with Crippen LogP contribution in [0.1, 0.15) is 26.5 Å². The number of anilines is 1. The number of phosphoric ester groups is 1. The van der Waals surface area contributed by atoms with Gasteiger partial charge >= 0.3 is 13.8 Å². The van der Waals surface area contributed by atoms with Crippen LogP contribution in [0, 0.1) is 0 Å². The zero-order chi connectivity index (χ0) is 22.9. The predicted octanol–water partition coefficient (Wildman–Crippen LogP) is -0.297. The molecule has 0 bridgehead atoms. The Morgan fingerprint density at radius 1 is 1.47 bits per heavy atom. The maximum Gasteiger partial charge on any atom is 0.493 e. The highest BCUT2D eigenvalue weighted by Gasteiger charge is 2.50. The number of rotatable bonds is 9. The number of hydrogen-bond donors (Lipinski definition) is 4. The highest BCUT2D eigenvalue weighted by Crippen LogP contribution is 2.45. The molecule has 16 heteroatoms. The first-order valence-corrected chi connectivity index (χ1v) is 10.6. The number of hydrogen-bond acceptors (Lipinski definition) is 11. The molecule has 30 heavy (non-hydrogen) atoms. The van der Waals surface area contributed by atoms with Crippen molar-refractivity contribution in [2.75, 3.05) is 12.8 Å². The number of nitrogen functional groups attached to an aromatic ring is 1. The molecule has 0 spiro atoms. The van der Waals surface area contributed by atoms with Crippen LogP contribution in [0.15, 0.2) is 10.5 Å². The Bertz CT molecular complexity index is 933. The summed E-state index contributed by atoms with van der Waals surface area (Å²) < 4.78 is 20.3. The molecule has 0 radical (unpaired) electrons. The van der Waals surface area contributed by atoms with Gasteiger partial charge in [-0.1, -0.05) is 5.16 Å². The first-order valence-electron chi connectivity index (χ1n) is 8.22. The van der Waals surface area contributed by atoms with Gasteiger partial charge in [0.05, 0.1) is 6.04 Å². The fourth-order valence-corrected chi connectivity index (χ4v) is 3.11. The van der Waals surface area contributed by atoms with Gasteiger partial charge in [-0.05, 0) is 20.8 Å². The Hall–Kier alpha value is -2.58. The van der Waals surface area contributed by atoms with Gasteiger partial charge in [0.1, 0.15) is 11.7 Å². The second-order valence-corrected chi connectivity index (χ2v) is 8.86. The maximum atomic E-state index is 12.7. The van der Waals surface area contributed by atoms with E-state index < -0.39 is 49.0 Å². The number of oxime groups is 1. The van der Waals surface area contributed by atoms with Crippen molar-refractivity contribution in [2.45, 2.75) is 38.5 Å². The normalized spacial score (nSPS) is 21.6. The van der Waals surface area contributed by atoms with E-state index in [0.29, 0.717) is 5.06 Å². The summed E-state index contributed by atoms with van der Waals surface area (Å²) in [5.41, 5.74) is 3.40. The number of aromatic nitrogens is 1. The molecule has 2 heterocycles. The number of hydroxylamine groups is 2. The predicted molar refractivity (Wildman–Crippen MR) is 102 cm³/mol. The third kappa shape index (κ3) is 5.12. The minimum Gasteiger partial charge on any atom is -0.478 e. The smallest absolute Gasteiger partial charge is 0.478 e. The van der Waals surface area contributed by atoms with E-state index in [2.05, 4.69) is 24.6 Å². The van der Waals surface area contributed by atoms with Crippen LogP contribution in [0.3, 0.4) is 0 Å². The molecule has 166 valence electrons. The van der Waals surface area contributed by atoms with Gasteiger partial charge in [0.15, 0.2) is 10.8 Å². The van der Waals surface area contributed by atoms with Gasteiger partial charge in [-0.2, -0.15) is 4.62 Å². The van der Waals surface area contributed by atoms with E-state index in [1.807, 2.05) is 0 Å². The van der Waals surface area contributed by atoms with Crippen molar-refractivity contribution in [1.82, 2.24) is 15.4 Å². The monoisotopic (exact) mass is 465 g/mol. The van der Waals surface area contributed by atoms with Crippen LogP contribution < -0.4 is 11.1 Å². The van der Waals surface area contributed by atoms with Gasteiger partial charge < -0.3 is 25.9 Å². The number of nitrogens with one attached hydrogen (secondary N) is 1. The van der Waals surface area contributed by atoms with E-state index in [0.717, 1.165) is 18.4 Å². The number of phosphoric acid groups is 1. The number of carbonyl (C=O) groups is 3. The molecule has 5 N–H and O–H groups in total. The molecule has 1 aromatic rings. The lowest BCUT2D eigenvalue weighted by molar-refractivity contribution is -0.201. The van der Waals surface area contributed by atoms with Crippen molar-refractivity contribution < 1.29 is 42.9 Å². The Morgan fingerprint density at radius 3 is 2.57 bits per heavy atom. The van der Waals surface area contributed by atoms with Crippen LogP contribution in [0.5, 0.6) is 0 Å². The lowest BCUT2D eigenvalue weighted by Crippen LogP contribution is -2.69. The summed E-state index contributed by atoms with van der Waals surface area (Å²) in [4.78, 5) is 54.3. The minimum absolute atomic E-state index is 0.00274. The van der Waals surface area contributed by atoms with Crippen molar-refractivity contribution >= 4 is 47.8 Å². The molecule has 14 nitrogen and oxygen atoms in total. The van der Waals surface area contributed by atoms with Crippen LogP contribution in [0.4, 0.5) is 5.13 Å². The third-order valence-electron chi connectivity index (χ3n) is 3.90. The SMILES string of the molecule is COP(=O)(O)ON1C(=O)[C@@H](NC(=O)/C(=N\OC(C)(C)C(=O)O)c2csc(N)n2)[C@@H]1C. The van der Waals surface area contributed by atoms with Gasteiger partial charge in [-0.25, -0.2) is 19.4 Å². The summed E-state index contributed by atoms with van der Waals surface area (Å²) in [5, 5.41) is 17.2. The van der Waals surface area contributed by atoms with Crippen LogP contribution in [-0.2, 0) is 32.9 Å². The summed E-state index contributed by atoms with van der Waals surface area (Å²) >= 11 is 1.00. The number of carboxylic acid groups (broad SMARTS) is 1. The van der Waals surface area contributed by atoms with Crippen molar-refractivity contribution in [3.8, 4) is 0 Å². The van der Waals surface area contributed by atoms with E-state index in [-0.39, 0.29) is 10.8 Å². The number of carboxylic acids is 1. The Balaban J connectivity index is 2.19. The first-order chi connectivity index (χ1) is 13.8. The summed E-state index contributed by atoms with van der Waals surface area (Å²) in [6, 6.07) is -1.95. The van der Waals surface area contributed by atoms with Crippen LogP contribution in [0.25, 0.3) is 0 Å². The fourth-order valence-electron chi connectivity index (χ4n) is 2.05. The van der Waals surface area contributed by atoms with Gasteiger partial charge in [-0.15, -0.1) is 11.3 Å². The minimum atomic E-state index is -4.46. The van der Waals surface area contributed by atoms with Crippen molar-refractivity contribution in [3.63, 3.8) is 0 Å². The van der Waals surface area contributed by atoms with E-state index >= 15 is 0 Å². The average Bonchev–Trinajstić information content (AvgIpc) is 3.09. The van der Waals surface area contributed by atoms with Crippen molar-refractivity contribution in [2.24, 2.45) is 5.16 Å². The summed E-state index contributed by atoms with van der Waals surface area (Å²) in [6.07, 6.45) is 0. The van der Waals surface area contributed by atoms with Crippen LogP contribution in [0.2, 0.25) is 0 Å². The molecule has 2 amide bonds. The molecule has 1 aromatic heterocycles. The number of nitrogens with two attached hydrogens (primary N) is 1. The first kappa shape index (κ1) is 23.7. The maximum absolute atomic E-state index is 12.7. The second kappa shape index (κ2) is 8.65. The van der Waals surface area contributed by atoms with E-state index in [9.17, 15) is 23.8 Å². The number of aliphatic carboxylic acids is 1. The highest BCUT2D eigenvalue weighted by molar-refractivity contribution is 7.47. The van der Waals surface area contributed by atoms with Gasteiger partial charge in [0.2, 0.25) is 5.60 Å². The number of thiazole rings is 1. The Morgan fingerprint density at radius 2 is 2.10 bits per heavy atom. The quantitative estimate of drug-likeness (QED) is 0.161. The number of β-lactam (4-membered cyclic amide) rings is 1. The van der Waals surface area contributed by atoms with Gasteiger partial charge in [0, 0.05) is 12.5 Å². The highest BCUT2D eigenvalue weighted by atomic mass is 32.1. The molecule has 1 fully saturated rings.